The number of phenolic OH excluding ortho intramolecular Hbond substituents is 2. The zero-order valence-electron chi connectivity index (χ0n) is 10.2. The topological polar surface area (TPSA) is 40.5 Å². The van der Waals surface area contributed by atoms with Gasteiger partial charge in [-0.05, 0) is 6.07 Å². The molecule has 0 fully saturated rings. The molecule has 3 aromatic rings. The zero-order valence-corrected chi connectivity index (χ0v) is 11.3. The molecular weight excluding hydrogens is 280 g/mol. The first-order valence-electron chi connectivity index (χ1n) is 5.68. The average Bonchev–Trinajstić information content (AvgIpc) is 3.07. The summed E-state index contributed by atoms with van der Waals surface area (Å²) in [4.78, 5) is 0. The van der Waals surface area contributed by atoms with Crippen molar-refractivity contribution in [1.29, 1.82) is 0 Å². The summed E-state index contributed by atoms with van der Waals surface area (Å²) >= 11 is 0. The second-order valence-corrected chi connectivity index (χ2v) is 3.84. The first-order chi connectivity index (χ1) is 8.77. The minimum absolute atomic E-state index is 0. The molecule has 0 bridgehead atoms. The number of phenols is 2. The molecule has 0 radical (unpaired) electrons. The molecule has 0 aromatic heterocycles. The van der Waals surface area contributed by atoms with Gasteiger partial charge in [0.15, 0.2) is 0 Å². The van der Waals surface area contributed by atoms with E-state index in [0.29, 0.717) is 5.56 Å². The summed E-state index contributed by atoms with van der Waals surface area (Å²) < 4.78 is 0. The third-order valence-corrected chi connectivity index (χ3v) is 2.51. The molecule has 3 aromatic carbocycles. The molecule has 0 heterocycles. The summed E-state index contributed by atoms with van der Waals surface area (Å²) in [5, 5.41) is 18.7. The van der Waals surface area contributed by atoms with Gasteiger partial charge in [0.25, 0.3) is 0 Å². The van der Waals surface area contributed by atoms with E-state index in [1.165, 1.54) is 12.1 Å². The van der Waals surface area contributed by atoms with Crippen LogP contribution in [0.1, 0.15) is 0 Å². The molecule has 3 rings (SSSR count). The number of hydrogen-bond donors (Lipinski definition) is 2. The summed E-state index contributed by atoms with van der Waals surface area (Å²) in [6.45, 7) is 0. The first-order valence-corrected chi connectivity index (χ1v) is 5.68. The third-order valence-electron chi connectivity index (χ3n) is 2.51. The van der Waals surface area contributed by atoms with Gasteiger partial charge in [-0.3, -0.25) is 0 Å². The Hall–Kier alpha value is -1.96. The van der Waals surface area contributed by atoms with Gasteiger partial charge in [0, 0.05) is 0 Å². The largest absolute Gasteiger partial charge is 2.00 e. The molecule has 0 unspecified atom stereocenters. The van der Waals surface area contributed by atoms with E-state index < -0.39 is 0 Å². The van der Waals surface area contributed by atoms with Gasteiger partial charge in [0.1, 0.15) is 0 Å². The maximum atomic E-state index is 9.50. The maximum Gasteiger partial charge on any atom is 2.00 e. The summed E-state index contributed by atoms with van der Waals surface area (Å²) in [7, 11) is 0. The summed E-state index contributed by atoms with van der Waals surface area (Å²) in [5.41, 5.74) is 1.57. The van der Waals surface area contributed by atoms with E-state index in [0.717, 1.165) is 5.56 Å². The third kappa shape index (κ3) is 4.32. The molecule has 0 saturated heterocycles. The molecule has 0 atom stereocenters. The van der Waals surface area contributed by atoms with Crippen LogP contribution in [0.25, 0.3) is 11.1 Å². The zero-order chi connectivity index (χ0) is 12.8. The van der Waals surface area contributed by atoms with Crippen LogP contribution in [0.15, 0.2) is 72.8 Å². The van der Waals surface area contributed by atoms with Crippen molar-refractivity contribution < 1.29 is 27.3 Å². The number of hydrogen-bond acceptors (Lipinski definition) is 2. The molecule has 2 nitrogen and oxygen atoms in total. The van der Waals surface area contributed by atoms with Crippen LogP contribution in [0.3, 0.4) is 0 Å². The molecule has 19 heavy (non-hydrogen) atoms. The van der Waals surface area contributed by atoms with E-state index >= 15 is 0 Å². The van der Waals surface area contributed by atoms with Crippen molar-refractivity contribution in [1.82, 2.24) is 0 Å². The Kier molecular flexibility index (Phi) is 5.94. The van der Waals surface area contributed by atoms with Crippen molar-refractivity contribution in [2.45, 2.75) is 0 Å². The van der Waals surface area contributed by atoms with Gasteiger partial charge >= 0.3 is 17.1 Å². The fourth-order valence-electron chi connectivity index (χ4n) is 1.63. The van der Waals surface area contributed by atoms with Crippen LogP contribution in [0.4, 0.5) is 0 Å². The number of aromatic hydroxyl groups is 2. The van der Waals surface area contributed by atoms with Crippen LogP contribution in [-0.4, -0.2) is 10.2 Å². The van der Waals surface area contributed by atoms with E-state index in [1.807, 2.05) is 54.6 Å². The van der Waals surface area contributed by atoms with Crippen molar-refractivity contribution >= 4 is 0 Å². The average molecular weight is 294 g/mol. The fourth-order valence-corrected chi connectivity index (χ4v) is 1.63. The van der Waals surface area contributed by atoms with Crippen LogP contribution >= 0.6 is 0 Å². The Morgan fingerprint density at radius 3 is 2.05 bits per heavy atom. The summed E-state index contributed by atoms with van der Waals surface area (Å²) in [6, 6.07) is 22.0. The first kappa shape index (κ1) is 15.1. The SMILES string of the molecule is Oc1ccc(O)c(-[c-]2cccc2)c1.[Fe+2].c1cc[cH-]c1. The molecule has 0 amide bonds. The Bertz CT molecular complexity index is 552. The van der Waals surface area contributed by atoms with Gasteiger partial charge in [0.05, 0.1) is 11.5 Å². The van der Waals surface area contributed by atoms with Crippen molar-refractivity contribution in [2.24, 2.45) is 0 Å². The molecule has 0 aliphatic rings. The fraction of sp³-hybridized carbons (Fsp3) is 0. The van der Waals surface area contributed by atoms with Crippen LogP contribution in [0, 0.1) is 0 Å². The van der Waals surface area contributed by atoms with Gasteiger partial charge in [-0.25, -0.2) is 12.1 Å². The van der Waals surface area contributed by atoms with E-state index in [1.54, 1.807) is 6.07 Å². The Morgan fingerprint density at radius 2 is 1.53 bits per heavy atom. The smallest absolute Gasteiger partial charge is 0.542 e. The van der Waals surface area contributed by atoms with Gasteiger partial charge in [-0.2, -0.15) is 30.3 Å². The van der Waals surface area contributed by atoms with E-state index in [-0.39, 0.29) is 28.6 Å². The van der Waals surface area contributed by atoms with Crippen molar-refractivity contribution in [3.05, 3.63) is 72.8 Å². The van der Waals surface area contributed by atoms with Gasteiger partial charge < -0.3 is 10.2 Å². The van der Waals surface area contributed by atoms with Crippen LogP contribution in [-0.2, 0) is 17.1 Å². The summed E-state index contributed by atoms with van der Waals surface area (Å²) in [6.07, 6.45) is 0. The molecule has 0 spiro atoms. The molecular formula is C16H14FeO2. The van der Waals surface area contributed by atoms with Crippen molar-refractivity contribution in [3.8, 4) is 22.6 Å². The Labute approximate surface area is 123 Å². The van der Waals surface area contributed by atoms with E-state index in [2.05, 4.69) is 0 Å². The van der Waals surface area contributed by atoms with Gasteiger partial charge in [-0.1, -0.05) is 23.3 Å². The molecule has 3 heteroatoms. The predicted octanol–water partition coefficient (Wildman–Crippen LogP) is 3.89. The van der Waals surface area contributed by atoms with Crippen LogP contribution < -0.4 is 0 Å². The molecule has 98 valence electrons. The quantitative estimate of drug-likeness (QED) is 0.406. The van der Waals surface area contributed by atoms with Crippen molar-refractivity contribution in [2.75, 3.05) is 0 Å². The number of benzene rings is 1. The van der Waals surface area contributed by atoms with Crippen LogP contribution in [0.2, 0.25) is 0 Å². The second-order valence-electron chi connectivity index (χ2n) is 3.84. The normalized spacial score (nSPS) is 9.05. The monoisotopic (exact) mass is 294 g/mol. The standard InChI is InChI=1S/C11H9O2.C5H5.Fe/c12-9-5-6-11(13)10(7-9)8-3-1-2-4-8;1-2-4-5-3-1;/h1-7,12-13H;1-5H;/q2*-1;+2. The molecule has 2 N–H and O–H groups in total. The second kappa shape index (κ2) is 7.47. The Balaban J connectivity index is 0.000000256. The Morgan fingerprint density at radius 1 is 0.895 bits per heavy atom. The molecule has 0 aliphatic heterocycles. The minimum atomic E-state index is 0. The maximum absolute atomic E-state index is 9.50. The van der Waals surface area contributed by atoms with Gasteiger partial charge in [0.2, 0.25) is 0 Å². The predicted molar refractivity (Wildman–Crippen MR) is 72.8 cm³/mol. The minimum Gasteiger partial charge on any atom is -0.542 e. The molecule has 0 saturated carbocycles. The summed E-state index contributed by atoms with van der Waals surface area (Å²) in [5.74, 6) is 0.345. The van der Waals surface area contributed by atoms with Crippen molar-refractivity contribution in [3.63, 3.8) is 0 Å². The van der Waals surface area contributed by atoms with Crippen LogP contribution in [0.5, 0.6) is 11.5 Å². The van der Waals surface area contributed by atoms with E-state index in [9.17, 15) is 10.2 Å². The molecule has 0 aliphatic carbocycles. The van der Waals surface area contributed by atoms with Gasteiger partial charge in [-0.15, -0.1) is 12.1 Å². The number of rotatable bonds is 1. The van der Waals surface area contributed by atoms with E-state index in [4.69, 9.17) is 0 Å².